The zero-order valence-corrected chi connectivity index (χ0v) is 14.9. The second-order valence-electron chi connectivity index (χ2n) is 5.71. The Morgan fingerprint density at radius 2 is 1.64 bits per heavy atom. The van der Waals surface area contributed by atoms with Gasteiger partial charge in [-0.15, -0.1) is 0 Å². The van der Waals surface area contributed by atoms with E-state index in [0.717, 1.165) is 0 Å². The van der Waals surface area contributed by atoms with Crippen LogP contribution in [0.4, 0.5) is 0 Å². The molecule has 3 N–H and O–H groups in total. The van der Waals surface area contributed by atoms with Gasteiger partial charge in [0.15, 0.2) is 0 Å². The molecule has 0 aromatic heterocycles. The molecule has 2 amide bonds. The summed E-state index contributed by atoms with van der Waals surface area (Å²) in [5.74, 6) is -1.07. The second-order valence-corrected chi connectivity index (χ2v) is 5.71. The maximum atomic E-state index is 12.0. The number of carbonyl (C=O) groups is 3. The quantitative estimate of drug-likeness (QED) is 0.597. The van der Waals surface area contributed by atoms with E-state index < -0.39 is 17.3 Å². The van der Waals surface area contributed by atoms with Crippen molar-refractivity contribution in [2.24, 2.45) is 5.41 Å². The summed E-state index contributed by atoms with van der Waals surface area (Å²) < 4.78 is 5.30. The molecule has 0 atom stereocenters. The summed E-state index contributed by atoms with van der Waals surface area (Å²) in [6.07, 6.45) is 0.829. The highest BCUT2D eigenvalue weighted by Crippen LogP contribution is 2.25. The lowest BCUT2D eigenvalue weighted by molar-refractivity contribution is -0.149. The lowest BCUT2D eigenvalue weighted by atomic mass is 9.82. The van der Waals surface area contributed by atoms with Crippen LogP contribution in [0.15, 0.2) is 24.3 Å². The molecule has 0 aliphatic carbocycles. The molecule has 0 aliphatic rings. The fourth-order valence-corrected chi connectivity index (χ4v) is 2.34. The Bertz CT molecular complexity index is 594. The number of benzene rings is 1. The smallest absolute Gasteiger partial charge is 0.311 e. The van der Waals surface area contributed by atoms with Gasteiger partial charge in [0.1, 0.15) is 5.75 Å². The fourth-order valence-electron chi connectivity index (χ4n) is 2.34. The number of aliphatic carboxylic acids is 1. The van der Waals surface area contributed by atoms with Crippen molar-refractivity contribution in [2.75, 3.05) is 19.7 Å². The highest BCUT2D eigenvalue weighted by Gasteiger charge is 2.35. The lowest BCUT2D eigenvalue weighted by Gasteiger charge is -2.26. The van der Waals surface area contributed by atoms with Gasteiger partial charge in [-0.2, -0.15) is 0 Å². The highest BCUT2D eigenvalue weighted by molar-refractivity contribution is 5.96. The van der Waals surface area contributed by atoms with Gasteiger partial charge in [-0.1, -0.05) is 13.8 Å². The third-order valence-electron chi connectivity index (χ3n) is 4.27. The van der Waals surface area contributed by atoms with Crippen LogP contribution in [0.1, 0.15) is 44.0 Å². The fraction of sp³-hybridized carbons (Fsp3) is 0.500. The number of rotatable bonds is 10. The Morgan fingerprint density at radius 3 is 2.12 bits per heavy atom. The number of hydrogen-bond donors (Lipinski definition) is 3. The minimum Gasteiger partial charge on any atom is -0.494 e. The van der Waals surface area contributed by atoms with Gasteiger partial charge in [0, 0.05) is 12.1 Å². The van der Waals surface area contributed by atoms with Crippen molar-refractivity contribution in [3.63, 3.8) is 0 Å². The zero-order chi connectivity index (χ0) is 18.9. The van der Waals surface area contributed by atoms with Gasteiger partial charge < -0.3 is 20.5 Å². The van der Waals surface area contributed by atoms with Crippen LogP contribution >= 0.6 is 0 Å². The van der Waals surface area contributed by atoms with E-state index in [0.29, 0.717) is 30.8 Å². The van der Waals surface area contributed by atoms with E-state index in [1.165, 1.54) is 0 Å². The van der Waals surface area contributed by atoms with Crippen molar-refractivity contribution < 1.29 is 24.2 Å². The molecule has 0 saturated heterocycles. The van der Waals surface area contributed by atoms with E-state index in [-0.39, 0.29) is 19.0 Å². The molecule has 1 aromatic carbocycles. The average molecular weight is 350 g/mol. The monoisotopic (exact) mass is 350 g/mol. The summed E-state index contributed by atoms with van der Waals surface area (Å²) in [6.45, 7) is 5.78. The molecule has 7 nitrogen and oxygen atoms in total. The van der Waals surface area contributed by atoms with Crippen LogP contribution in [0.5, 0.6) is 5.75 Å². The normalized spacial score (nSPS) is 10.8. The molecule has 0 bridgehead atoms. The van der Waals surface area contributed by atoms with Crippen molar-refractivity contribution in [3.8, 4) is 5.75 Å². The van der Waals surface area contributed by atoms with Crippen LogP contribution in [0.3, 0.4) is 0 Å². The van der Waals surface area contributed by atoms with Crippen LogP contribution in [0, 0.1) is 5.41 Å². The lowest BCUT2D eigenvalue weighted by Crippen LogP contribution is -2.45. The largest absolute Gasteiger partial charge is 0.494 e. The molecular formula is C18H26N2O5. The first-order valence-corrected chi connectivity index (χ1v) is 8.39. The van der Waals surface area contributed by atoms with Gasteiger partial charge in [0.2, 0.25) is 5.91 Å². The van der Waals surface area contributed by atoms with Crippen LogP contribution in [-0.2, 0) is 9.59 Å². The maximum absolute atomic E-state index is 12.0. The molecule has 7 heteroatoms. The minimum absolute atomic E-state index is 0.0348. The van der Waals surface area contributed by atoms with E-state index in [2.05, 4.69) is 10.6 Å². The van der Waals surface area contributed by atoms with E-state index >= 15 is 0 Å². The zero-order valence-electron chi connectivity index (χ0n) is 14.9. The van der Waals surface area contributed by atoms with Gasteiger partial charge in [0.25, 0.3) is 5.91 Å². The van der Waals surface area contributed by atoms with Crippen molar-refractivity contribution in [1.82, 2.24) is 10.6 Å². The van der Waals surface area contributed by atoms with Gasteiger partial charge in [0.05, 0.1) is 18.6 Å². The molecule has 1 rings (SSSR count). The summed E-state index contributed by atoms with van der Waals surface area (Å²) in [5, 5.41) is 14.4. The maximum Gasteiger partial charge on any atom is 0.311 e. The van der Waals surface area contributed by atoms with E-state index in [4.69, 9.17) is 4.74 Å². The van der Waals surface area contributed by atoms with Crippen molar-refractivity contribution in [1.29, 1.82) is 0 Å². The average Bonchev–Trinajstić information content (AvgIpc) is 2.61. The third-order valence-corrected chi connectivity index (χ3v) is 4.27. The van der Waals surface area contributed by atoms with Gasteiger partial charge >= 0.3 is 5.97 Å². The number of carboxylic acids is 1. The summed E-state index contributed by atoms with van der Waals surface area (Å²) in [5.41, 5.74) is -0.562. The van der Waals surface area contributed by atoms with E-state index in [1.807, 2.05) is 6.92 Å². The Hall–Kier alpha value is -2.57. The van der Waals surface area contributed by atoms with E-state index in [1.54, 1.807) is 38.1 Å². The Kier molecular flexibility index (Phi) is 7.91. The SMILES string of the molecule is CCOc1ccc(C(=O)NCC(=O)NCC(CC)(CC)C(=O)O)cc1. The topological polar surface area (TPSA) is 105 Å². The summed E-state index contributed by atoms with van der Waals surface area (Å²) >= 11 is 0. The minimum atomic E-state index is -0.977. The molecule has 0 saturated carbocycles. The number of hydrogen-bond acceptors (Lipinski definition) is 4. The molecule has 25 heavy (non-hydrogen) atoms. The molecule has 0 radical (unpaired) electrons. The first kappa shape index (κ1) is 20.5. The summed E-state index contributed by atoms with van der Waals surface area (Å²) in [6, 6.07) is 6.59. The third kappa shape index (κ3) is 5.77. The molecule has 0 spiro atoms. The number of carboxylic acid groups (broad SMARTS) is 1. The van der Waals surface area contributed by atoms with Crippen LogP contribution in [0.2, 0.25) is 0 Å². The molecule has 1 aromatic rings. The molecule has 0 heterocycles. The number of amides is 2. The van der Waals surface area contributed by atoms with Crippen molar-refractivity contribution >= 4 is 17.8 Å². The Labute approximate surface area is 147 Å². The first-order valence-electron chi connectivity index (χ1n) is 8.39. The highest BCUT2D eigenvalue weighted by atomic mass is 16.5. The molecule has 0 fully saturated rings. The van der Waals surface area contributed by atoms with Crippen molar-refractivity contribution in [3.05, 3.63) is 29.8 Å². The van der Waals surface area contributed by atoms with Gasteiger partial charge in [-0.25, -0.2) is 0 Å². The standard InChI is InChI=1S/C18H26N2O5/c1-4-18(5-2,17(23)24)12-20-15(21)11-19-16(22)13-7-9-14(10-8-13)25-6-3/h7-10H,4-6,11-12H2,1-3H3,(H,19,22)(H,20,21)(H,23,24). The van der Waals surface area contributed by atoms with Gasteiger partial charge in [-0.05, 0) is 44.0 Å². The Balaban J connectivity index is 2.50. The summed E-state index contributed by atoms with van der Waals surface area (Å²) in [4.78, 5) is 35.3. The number of carbonyl (C=O) groups excluding carboxylic acids is 2. The molecule has 0 aliphatic heterocycles. The number of ether oxygens (including phenoxy) is 1. The first-order chi connectivity index (χ1) is 11.9. The predicted octanol–water partition coefficient (Wildman–Crippen LogP) is 1.82. The second kappa shape index (κ2) is 9.66. The summed E-state index contributed by atoms with van der Waals surface area (Å²) in [7, 11) is 0. The molecule has 138 valence electrons. The molecular weight excluding hydrogens is 324 g/mol. The van der Waals surface area contributed by atoms with E-state index in [9.17, 15) is 19.5 Å². The Morgan fingerprint density at radius 1 is 1.04 bits per heavy atom. The van der Waals surface area contributed by atoms with Crippen LogP contribution in [0.25, 0.3) is 0 Å². The number of nitrogens with one attached hydrogen (secondary N) is 2. The van der Waals surface area contributed by atoms with Gasteiger partial charge in [-0.3, -0.25) is 14.4 Å². The van der Waals surface area contributed by atoms with Crippen LogP contribution in [-0.4, -0.2) is 42.6 Å². The predicted molar refractivity (Wildman–Crippen MR) is 93.6 cm³/mol. The molecule has 0 unspecified atom stereocenters. The van der Waals surface area contributed by atoms with Crippen LogP contribution < -0.4 is 15.4 Å². The van der Waals surface area contributed by atoms with Crippen molar-refractivity contribution in [2.45, 2.75) is 33.6 Å².